The summed E-state index contributed by atoms with van der Waals surface area (Å²) < 4.78 is 22.5. The van der Waals surface area contributed by atoms with Crippen molar-refractivity contribution in [2.75, 3.05) is 26.4 Å². The summed E-state index contributed by atoms with van der Waals surface area (Å²) in [7, 11) is 0. The van der Waals surface area contributed by atoms with Gasteiger partial charge in [-0.3, -0.25) is 4.79 Å². The Bertz CT molecular complexity index is 821. The molecule has 2 aromatic carbocycles. The molecule has 0 aliphatic carbocycles. The van der Waals surface area contributed by atoms with Crippen LogP contribution in [0.25, 0.3) is 0 Å². The summed E-state index contributed by atoms with van der Waals surface area (Å²) in [6.45, 7) is 8.07. The SMILES string of the molecule is CCCOc1ccc(C(=O)NC(C)c2ccc3c(c2)OCCO3)cc1OCC. The van der Waals surface area contributed by atoms with Crippen molar-refractivity contribution < 1.29 is 23.7 Å². The van der Waals surface area contributed by atoms with Gasteiger partial charge in [-0.25, -0.2) is 0 Å². The van der Waals surface area contributed by atoms with Crippen molar-refractivity contribution in [3.63, 3.8) is 0 Å². The van der Waals surface area contributed by atoms with Crippen molar-refractivity contribution in [3.05, 3.63) is 47.5 Å². The Morgan fingerprint density at radius 2 is 1.82 bits per heavy atom. The highest BCUT2D eigenvalue weighted by molar-refractivity contribution is 5.95. The van der Waals surface area contributed by atoms with E-state index in [1.807, 2.05) is 39.0 Å². The lowest BCUT2D eigenvalue weighted by atomic mass is 10.1. The van der Waals surface area contributed by atoms with E-state index in [1.54, 1.807) is 18.2 Å². The van der Waals surface area contributed by atoms with E-state index >= 15 is 0 Å². The van der Waals surface area contributed by atoms with Crippen LogP contribution in [0.2, 0.25) is 0 Å². The molecule has 0 saturated heterocycles. The highest BCUT2D eigenvalue weighted by atomic mass is 16.6. The minimum absolute atomic E-state index is 0.176. The van der Waals surface area contributed by atoms with E-state index in [0.717, 1.165) is 17.7 Å². The van der Waals surface area contributed by atoms with Crippen LogP contribution in [0.15, 0.2) is 36.4 Å². The lowest BCUT2D eigenvalue weighted by molar-refractivity contribution is 0.0939. The second-order valence-electron chi connectivity index (χ2n) is 6.54. The van der Waals surface area contributed by atoms with Crippen molar-refractivity contribution in [2.24, 2.45) is 0 Å². The van der Waals surface area contributed by atoms with E-state index in [9.17, 15) is 4.79 Å². The topological polar surface area (TPSA) is 66.0 Å². The Balaban J connectivity index is 1.72. The molecule has 3 rings (SSSR count). The van der Waals surface area contributed by atoms with Gasteiger partial charge in [0.2, 0.25) is 0 Å². The average Bonchev–Trinajstić information content (AvgIpc) is 2.72. The van der Waals surface area contributed by atoms with Crippen LogP contribution in [0.3, 0.4) is 0 Å². The van der Waals surface area contributed by atoms with Crippen molar-refractivity contribution in [3.8, 4) is 23.0 Å². The molecule has 28 heavy (non-hydrogen) atoms. The molecule has 0 saturated carbocycles. The Morgan fingerprint density at radius 1 is 1.04 bits per heavy atom. The molecular weight excluding hydrogens is 358 g/mol. The van der Waals surface area contributed by atoms with Crippen LogP contribution in [0.5, 0.6) is 23.0 Å². The molecule has 1 aliphatic heterocycles. The van der Waals surface area contributed by atoms with Crippen LogP contribution in [0.1, 0.15) is 49.2 Å². The lowest BCUT2D eigenvalue weighted by Crippen LogP contribution is -2.27. The molecule has 1 heterocycles. The molecule has 1 aliphatic rings. The first-order valence-corrected chi connectivity index (χ1v) is 9.72. The average molecular weight is 385 g/mol. The maximum atomic E-state index is 12.7. The van der Waals surface area contributed by atoms with Gasteiger partial charge in [0.1, 0.15) is 13.2 Å². The molecule has 0 aromatic heterocycles. The summed E-state index contributed by atoms with van der Waals surface area (Å²) in [5.41, 5.74) is 1.47. The number of benzene rings is 2. The monoisotopic (exact) mass is 385 g/mol. The molecular formula is C22H27NO5. The number of amides is 1. The minimum Gasteiger partial charge on any atom is -0.490 e. The van der Waals surface area contributed by atoms with Crippen molar-refractivity contribution in [1.82, 2.24) is 5.32 Å². The number of carbonyl (C=O) groups excluding carboxylic acids is 1. The standard InChI is InChI=1S/C22H27NO5/c1-4-10-26-18-9-7-17(14-20(18)25-5-2)22(24)23-15(3)16-6-8-19-21(13-16)28-12-11-27-19/h6-9,13-15H,4-5,10-12H2,1-3H3,(H,23,24). The van der Waals surface area contributed by atoms with Gasteiger partial charge in [0.25, 0.3) is 5.91 Å². The van der Waals surface area contributed by atoms with E-state index in [-0.39, 0.29) is 11.9 Å². The molecule has 150 valence electrons. The molecule has 0 fully saturated rings. The van der Waals surface area contributed by atoms with Gasteiger partial charge in [-0.15, -0.1) is 0 Å². The lowest BCUT2D eigenvalue weighted by Gasteiger charge is -2.21. The fourth-order valence-electron chi connectivity index (χ4n) is 2.94. The number of carbonyl (C=O) groups is 1. The maximum absolute atomic E-state index is 12.7. The van der Waals surface area contributed by atoms with Crippen LogP contribution >= 0.6 is 0 Å². The molecule has 0 radical (unpaired) electrons. The summed E-state index contributed by atoms with van der Waals surface area (Å²) >= 11 is 0. The molecule has 0 bridgehead atoms. The Hall–Kier alpha value is -2.89. The molecule has 1 N–H and O–H groups in total. The normalized spacial score (nSPS) is 13.5. The van der Waals surface area contributed by atoms with E-state index in [2.05, 4.69) is 5.32 Å². The zero-order valence-electron chi connectivity index (χ0n) is 16.6. The molecule has 0 spiro atoms. The summed E-state index contributed by atoms with van der Waals surface area (Å²) in [6, 6.07) is 10.8. The van der Waals surface area contributed by atoms with Gasteiger partial charge in [-0.05, 0) is 56.2 Å². The summed E-state index contributed by atoms with van der Waals surface area (Å²) in [6.07, 6.45) is 0.904. The van der Waals surface area contributed by atoms with Crippen LogP contribution in [0, 0.1) is 0 Å². The number of hydrogen-bond acceptors (Lipinski definition) is 5. The molecule has 1 atom stereocenters. The van der Waals surface area contributed by atoms with Gasteiger partial charge in [0, 0.05) is 5.56 Å². The summed E-state index contributed by atoms with van der Waals surface area (Å²) in [5.74, 6) is 2.50. The molecule has 1 unspecified atom stereocenters. The van der Waals surface area contributed by atoms with Gasteiger partial charge in [-0.2, -0.15) is 0 Å². The summed E-state index contributed by atoms with van der Waals surface area (Å²) in [5, 5.41) is 3.02. The van der Waals surface area contributed by atoms with E-state index < -0.39 is 0 Å². The van der Waals surface area contributed by atoms with Crippen LogP contribution in [0.4, 0.5) is 0 Å². The fraction of sp³-hybridized carbons (Fsp3) is 0.409. The predicted octanol–water partition coefficient (Wildman–Crippen LogP) is 4.14. The van der Waals surface area contributed by atoms with E-state index in [1.165, 1.54) is 0 Å². The van der Waals surface area contributed by atoms with Gasteiger partial charge in [0.15, 0.2) is 23.0 Å². The van der Waals surface area contributed by atoms with E-state index in [0.29, 0.717) is 49.2 Å². The van der Waals surface area contributed by atoms with Crippen molar-refractivity contribution >= 4 is 5.91 Å². The van der Waals surface area contributed by atoms with Crippen LogP contribution in [-0.4, -0.2) is 32.3 Å². The maximum Gasteiger partial charge on any atom is 0.251 e. The second kappa shape index (κ2) is 9.35. The molecule has 6 nitrogen and oxygen atoms in total. The first kappa shape index (κ1) is 19.9. The van der Waals surface area contributed by atoms with Gasteiger partial charge in [-0.1, -0.05) is 13.0 Å². The number of fused-ring (bicyclic) bond motifs is 1. The van der Waals surface area contributed by atoms with Crippen LogP contribution in [-0.2, 0) is 0 Å². The van der Waals surface area contributed by atoms with E-state index in [4.69, 9.17) is 18.9 Å². The van der Waals surface area contributed by atoms with Gasteiger partial charge >= 0.3 is 0 Å². The Kier molecular flexibility index (Phi) is 6.63. The number of ether oxygens (including phenoxy) is 4. The van der Waals surface area contributed by atoms with Gasteiger partial charge < -0.3 is 24.3 Å². The van der Waals surface area contributed by atoms with Crippen molar-refractivity contribution in [2.45, 2.75) is 33.2 Å². The molecule has 1 amide bonds. The van der Waals surface area contributed by atoms with Gasteiger partial charge in [0.05, 0.1) is 19.3 Å². The first-order valence-electron chi connectivity index (χ1n) is 9.72. The smallest absolute Gasteiger partial charge is 0.251 e. The highest BCUT2D eigenvalue weighted by Gasteiger charge is 2.17. The third kappa shape index (κ3) is 4.68. The zero-order valence-corrected chi connectivity index (χ0v) is 16.6. The Morgan fingerprint density at radius 3 is 2.57 bits per heavy atom. The third-order valence-electron chi connectivity index (χ3n) is 4.38. The number of rotatable bonds is 8. The number of hydrogen-bond donors (Lipinski definition) is 1. The third-order valence-corrected chi connectivity index (χ3v) is 4.38. The first-order chi connectivity index (χ1) is 13.6. The zero-order chi connectivity index (χ0) is 19.9. The molecule has 2 aromatic rings. The quantitative estimate of drug-likeness (QED) is 0.740. The largest absolute Gasteiger partial charge is 0.490 e. The summed E-state index contributed by atoms with van der Waals surface area (Å²) in [4.78, 5) is 12.7. The minimum atomic E-state index is -0.185. The predicted molar refractivity (Wildman–Crippen MR) is 107 cm³/mol. The highest BCUT2D eigenvalue weighted by Crippen LogP contribution is 2.33. The van der Waals surface area contributed by atoms with Crippen molar-refractivity contribution in [1.29, 1.82) is 0 Å². The van der Waals surface area contributed by atoms with Crippen LogP contribution < -0.4 is 24.3 Å². The Labute approximate surface area is 165 Å². The molecule has 6 heteroatoms. The fourth-order valence-corrected chi connectivity index (χ4v) is 2.94. The number of nitrogens with one attached hydrogen (secondary N) is 1. The second-order valence-corrected chi connectivity index (χ2v) is 6.54.